The Hall–Kier alpha value is -3.29. The summed E-state index contributed by atoms with van der Waals surface area (Å²) in [5.74, 6) is 0. The van der Waals surface area contributed by atoms with Gasteiger partial charge in [0.25, 0.3) is 0 Å². The van der Waals surface area contributed by atoms with Crippen molar-refractivity contribution in [2.24, 2.45) is 0 Å². The van der Waals surface area contributed by atoms with E-state index in [1.807, 2.05) is 24.4 Å². The van der Waals surface area contributed by atoms with Gasteiger partial charge in [0, 0.05) is 31.5 Å². The normalized spacial score (nSPS) is 12.9. The number of aryl methyl sites for hydroxylation is 1. The lowest BCUT2D eigenvalue weighted by Crippen LogP contribution is -2.30. The number of halogens is 1. The maximum atomic E-state index is 9.28. The number of hydrogen-bond acceptors (Lipinski definition) is 3. The second-order valence-corrected chi connectivity index (χ2v) is 8.08. The fraction of sp³-hybridized carbons (Fsp3) is 0.231. The highest BCUT2D eigenvalue weighted by molar-refractivity contribution is 5.92. The second kappa shape index (κ2) is 8.45. The fourth-order valence-corrected chi connectivity index (χ4v) is 4.60. The molecule has 4 aromatic rings. The van der Waals surface area contributed by atoms with E-state index in [2.05, 4.69) is 65.8 Å². The van der Waals surface area contributed by atoms with Crippen LogP contribution in [0.2, 0.25) is 0 Å². The van der Waals surface area contributed by atoms with Crippen LogP contribution in [-0.2, 0) is 19.5 Å². The van der Waals surface area contributed by atoms with Crippen molar-refractivity contribution in [1.29, 1.82) is 5.26 Å². The number of pyridine rings is 1. The summed E-state index contributed by atoms with van der Waals surface area (Å²) in [5, 5.41) is 9.28. The summed E-state index contributed by atoms with van der Waals surface area (Å²) >= 11 is 0. The third-order valence-corrected chi connectivity index (χ3v) is 6.34. The molecule has 4 nitrogen and oxygen atoms in total. The third kappa shape index (κ3) is 3.66. The molecule has 0 saturated carbocycles. The van der Waals surface area contributed by atoms with Gasteiger partial charge in [-0.2, -0.15) is 5.26 Å². The first-order valence-corrected chi connectivity index (χ1v) is 10.4. The fourth-order valence-electron chi connectivity index (χ4n) is 4.60. The highest BCUT2D eigenvalue weighted by Crippen LogP contribution is 2.34. The molecule has 0 atom stereocenters. The van der Waals surface area contributed by atoms with Gasteiger partial charge in [-0.3, -0.25) is 4.98 Å². The van der Waals surface area contributed by atoms with Gasteiger partial charge in [-0.15, -0.1) is 12.4 Å². The molecule has 1 aliphatic heterocycles. The largest absolute Gasteiger partial charge is 0.365 e. The predicted molar refractivity (Wildman–Crippen MR) is 128 cm³/mol. The van der Waals surface area contributed by atoms with Crippen molar-refractivity contribution in [3.8, 4) is 6.07 Å². The standard InChI is InChI=1S/C26H24N4.ClH/c1-18-19(2)30(16-21-7-5-6-20(14-21)15-27)26-24(10-12-28-25(18)26)29-13-11-22-8-3-4-9-23(22)17-29;/h3-10,12,14H,11,13,16-17H2,1-2H3;1H. The SMILES string of the molecule is Cc1c(C)n(Cc2cccc(C#N)c2)c2c(N3CCc4ccccc4C3)ccnc12.Cl. The Bertz CT molecular complexity index is 1300. The quantitative estimate of drug-likeness (QED) is 0.429. The molecule has 0 bridgehead atoms. The number of nitriles is 1. The molecule has 0 amide bonds. The molecule has 0 spiro atoms. The van der Waals surface area contributed by atoms with E-state index in [0.29, 0.717) is 5.56 Å². The Morgan fingerprint density at radius 1 is 1.03 bits per heavy atom. The molecule has 31 heavy (non-hydrogen) atoms. The number of anilines is 1. The van der Waals surface area contributed by atoms with Crippen LogP contribution in [0.4, 0.5) is 5.69 Å². The minimum absolute atomic E-state index is 0. The van der Waals surface area contributed by atoms with Crippen LogP contribution < -0.4 is 4.90 Å². The number of fused-ring (bicyclic) bond motifs is 2. The summed E-state index contributed by atoms with van der Waals surface area (Å²) in [4.78, 5) is 7.22. The van der Waals surface area contributed by atoms with E-state index >= 15 is 0 Å². The molecule has 0 fully saturated rings. The smallest absolute Gasteiger partial charge is 0.0991 e. The number of aromatic nitrogens is 2. The summed E-state index contributed by atoms with van der Waals surface area (Å²) in [6.45, 7) is 6.98. The number of benzene rings is 2. The van der Waals surface area contributed by atoms with Gasteiger partial charge < -0.3 is 9.47 Å². The van der Waals surface area contributed by atoms with Crippen molar-refractivity contribution in [3.63, 3.8) is 0 Å². The Kier molecular flexibility index (Phi) is 5.71. The summed E-state index contributed by atoms with van der Waals surface area (Å²) in [6.07, 6.45) is 2.99. The average Bonchev–Trinajstić information content (AvgIpc) is 3.04. The van der Waals surface area contributed by atoms with Crippen LogP contribution >= 0.6 is 12.4 Å². The Morgan fingerprint density at radius 2 is 1.84 bits per heavy atom. The average molecular weight is 429 g/mol. The van der Waals surface area contributed by atoms with Gasteiger partial charge in [-0.1, -0.05) is 36.4 Å². The van der Waals surface area contributed by atoms with E-state index < -0.39 is 0 Å². The van der Waals surface area contributed by atoms with Crippen molar-refractivity contribution in [1.82, 2.24) is 9.55 Å². The third-order valence-electron chi connectivity index (χ3n) is 6.34. The van der Waals surface area contributed by atoms with Gasteiger partial charge in [-0.05, 0) is 60.7 Å². The van der Waals surface area contributed by atoms with Crippen LogP contribution in [0.5, 0.6) is 0 Å². The molecule has 0 radical (unpaired) electrons. The Labute approximate surface area is 189 Å². The zero-order valence-corrected chi connectivity index (χ0v) is 18.6. The van der Waals surface area contributed by atoms with Crippen LogP contribution in [0, 0.1) is 25.2 Å². The van der Waals surface area contributed by atoms with Gasteiger partial charge in [0.2, 0.25) is 0 Å². The van der Waals surface area contributed by atoms with Crippen LogP contribution in [0.3, 0.4) is 0 Å². The molecular formula is C26H25ClN4. The lowest BCUT2D eigenvalue weighted by Gasteiger charge is -2.31. The van der Waals surface area contributed by atoms with E-state index in [0.717, 1.165) is 37.1 Å². The van der Waals surface area contributed by atoms with E-state index in [1.165, 1.54) is 33.6 Å². The first kappa shape index (κ1) is 21.0. The van der Waals surface area contributed by atoms with Gasteiger partial charge in [-0.25, -0.2) is 0 Å². The van der Waals surface area contributed by atoms with Gasteiger partial charge >= 0.3 is 0 Å². The molecule has 2 aromatic heterocycles. The molecule has 2 aromatic carbocycles. The molecule has 0 saturated heterocycles. The Balaban J connectivity index is 0.00000231. The number of hydrogen-bond donors (Lipinski definition) is 0. The van der Waals surface area contributed by atoms with Crippen molar-refractivity contribution in [3.05, 3.63) is 94.3 Å². The molecule has 5 rings (SSSR count). The number of nitrogens with zero attached hydrogens (tertiary/aromatic N) is 4. The van der Waals surface area contributed by atoms with Crippen LogP contribution in [0.15, 0.2) is 60.8 Å². The number of rotatable bonds is 3. The second-order valence-electron chi connectivity index (χ2n) is 8.08. The van der Waals surface area contributed by atoms with Crippen LogP contribution in [-0.4, -0.2) is 16.1 Å². The van der Waals surface area contributed by atoms with Gasteiger partial charge in [0.15, 0.2) is 0 Å². The molecule has 156 valence electrons. The highest BCUT2D eigenvalue weighted by Gasteiger charge is 2.22. The minimum atomic E-state index is 0. The first-order chi connectivity index (χ1) is 14.7. The van der Waals surface area contributed by atoms with Gasteiger partial charge in [0.05, 0.1) is 28.4 Å². The highest BCUT2D eigenvalue weighted by atomic mass is 35.5. The van der Waals surface area contributed by atoms with Crippen molar-refractivity contribution in [2.45, 2.75) is 33.4 Å². The summed E-state index contributed by atoms with van der Waals surface area (Å²) < 4.78 is 2.37. The monoisotopic (exact) mass is 428 g/mol. The zero-order chi connectivity index (χ0) is 20.7. The molecule has 3 heterocycles. The van der Waals surface area contributed by atoms with E-state index in [4.69, 9.17) is 4.98 Å². The zero-order valence-electron chi connectivity index (χ0n) is 17.8. The lowest BCUT2D eigenvalue weighted by atomic mass is 9.99. The predicted octanol–water partition coefficient (Wildman–Crippen LogP) is 5.56. The minimum Gasteiger partial charge on any atom is -0.365 e. The van der Waals surface area contributed by atoms with Crippen molar-refractivity contribution < 1.29 is 0 Å². The summed E-state index contributed by atoms with van der Waals surface area (Å²) in [6, 6.07) is 21.0. The van der Waals surface area contributed by atoms with E-state index in [-0.39, 0.29) is 12.4 Å². The van der Waals surface area contributed by atoms with Crippen LogP contribution in [0.1, 0.15) is 33.5 Å². The molecular weight excluding hydrogens is 404 g/mol. The molecule has 0 aliphatic carbocycles. The lowest BCUT2D eigenvalue weighted by molar-refractivity contribution is 0.727. The molecule has 1 aliphatic rings. The maximum absolute atomic E-state index is 9.28. The topological polar surface area (TPSA) is 44.9 Å². The van der Waals surface area contributed by atoms with Crippen LogP contribution in [0.25, 0.3) is 11.0 Å². The molecule has 5 heteroatoms. The van der Waals surface area contributed by atoms with E-state index in [9.17, 15) is 5.26 Å². The molecule has 0 N–H and O–H groups in total. The summed E-state index contributed by atoms with van der Waals surface area (Å²) in [5.41, 5.74) is 10.6. The maximum Gasteiger partial charge on any atom is 0.0991 e. The first-order valence-electron chi connectivity index (χ1n) is 10.4. The van der Waals surface area contributed by atoms with Crippen molar-refractivity contribution >= 4 is 29.1 Å². The van der Waals surface area contributed by atoms with E-state index in [1.54, 1.807) is 0 Å². The molecule has 0 unspecified atom stereocenters. The Morgan fingerprint density at radius 3 is 2.65 bits per heavy atom. The van der Waals surface area contributed by atoms with Gasteiger partial charge in [0.1, 0.15) is 0 Å². The summed E-state index contributed by atoms with van der Waals surface area (Å²) in [7, 11) is 0. The van der Waals surface area contributed by atoms with Crippen molar-refractivity contribution in [2.75, 3.05) is 11.4 Å².